The van der Waals surface area contributed by atoms with Crippen LogP contribution in [0, 0.1) is 11.7 Å². The van der Waals surface area contributed by atoms with Crippen LogP contribution in [-0.2, 0) is 27.3 Å². The van der Waals surface area contributed by atoms with E-state index in [0.29, 0.717) is 11.3 Å². The first-order valence-corrected chi connectivity index (χ1v) is 10.2. The molecule has 0 atom stereocenters. The summed E-state index contributed by atoms with van der Waals surface area (Å²) >= 11 is 0. The van der Waals surface area contributed by atoms with Crippen molar-refractivity contribution in [1.82, 2.24) is 10.6 Å². The lowest BCUT2D eigenvalue weighted by Gasteiger charge is -2.12. The van der Waals surface area contributed by atoms with E-state index in [-0.39, 0.29) is 43.1 Å². The standard InChI is InChI=1S/C23H26FN3O3/c24-19-9-3-5-16(11-19)13-21(28)26-15-22(29)25-14-17-6-4-10-20(12-17)27-23(30)18-7-1-2-8-18/h3-6,9-12,18H,1-2,7-8,13-15H2,(H,25,29)(H,26,28)(H,27,30). The van der Waals surface area contributed by atoms with E-state index in [0.717, 1.165) is 31.2 Å². The fourth-order valence-electron chi connectivity index (χ4n) is 3.53. The number of halogens is 1. The molecule has 0 aromatic heterocycles. The van der Waals surface area contributed by atoms with Crippen LogP contribution >= 0.6 is 0 Å². The molecule has 3 amide bonds. The van der Waals surface area contributed by atoms with Gasteiger partial charge in [0.15, 0.2) is 0 Å². The van der Waals surface area contributed by atoms with Crippen molar-refractivity contribution in [1.29, 1.82) is 0 Å². The average molecular weight is 411 g/mol. The van der Waals surface area contributed by atoms with Gasteiger partial charge in [-0.05, 0) is 48.2 Å². The minimum absolute atomic E-state index is 0.00772. The third kappa shape index (κ3) is 6.69. The van der Waals surface area contributed by atoms with Gasteiger partial charge in [-0.25, -0.2) is 4.39 Å². The highest BCUT2D eigenvalue weighted by Gasteiger charge is 2.22. The van der Waals surface area contributed by atoms with Crippen LogP contribution in [0.3, 0.4) is 0 Å². The van der Waals surface area contributed by atoms with Gasteiger partial charge in [-0.15, -0.1) is 0 Å². The Morgan fingerprint density at radius 1 is 0.900 bits per heavy atom. The van der Waals surface area contributed by atoms with Gasteiger partial charge < -0.3 is 16.0 Å². The van der Waals surface area contributed by atoms with Crippen molar-refractivity contribution in [2.45, 2.75) is 38.6 Å². The molecule has 6 nitrogen and oxygen atoms in total. The zero-order valence-electron chi connectivity index (χ0n) is 16.7. The molecule has 1 aliphatic carbocycles. The predicted molar refractivity (Wildman–Crippen MR) is 112 cm³/mol. The molecule has 1 saturated carbocycles. The van der Waals surface area contributed by atoms with Crippen LogP contribution in [0.15, 0.2) is 48.5 Å². The number of carbonyl (C=O) groups is 3. The fourth-order valence-corrected chi connectivity index (χ4v) is 3.53. The molecule has 7 heteroatoms. The quantitative estimate of drug-likeness (QED) is 0.624. The van der Waals surface area contributed by atoms with E-state index in [1.54, 1.807) is 6.07 Å². The first kappa shape index (κ1) is 21.5. The summed E-state index contributed by atoms with van der Waals surface area (Å²) in [6, 6.07) is 13.1. The van der Waals surface area contributed by atoms with Gasteiger partial charge in [-0.2, -0.15) is 0 Å². The fraction of sp³-hybridized carbons (Fsp3) is 0.348. The Morgan fingerprint density at radius 2 is 1.63 bits per heavy atom. The summed E-state index contributed by atoms with van der Waals surface area (Å²) in [6.07, 6.45) is 4.08. The molecule has 3 N–H and O–H groups in total. The van der Waals surface area contributed by atoms with Gasteiger partial charge in [0, 0.05) is 18.2 Å². The van der Waals surface area contributed by atoms with Crippen molar-refractivity contribution >= 4 is 23.4 Å². The average Bonchev–Trinajstić information content (AvgIpc) is 3.26. The Labute approximate surface area is 175 Å². The summed E-state index contributed by atoms with van der Waals surface area (Å²) in [5, 5.41) is 8.21. The number of rotatable bonds is 8. The van der Waals surface area contributed by atoms with Gasteiger partial charge in [0.1, 0.15) is 5.82 Å². The Kier molecular flexibility index (Phi) is 7.54. The minimum atomic E-state index is -0.403. The van der Waals surface area contributed by atoms with Gasteiger partial charge in [0.2, 0.25) is 17.7 Å². The van der Waals surface area contributed by atoms with Crippen molar-refractivity contribution in [3.05, 3.63) is 65.5 Å². The summed E-state index contributed by atoms with van der Waals surface area (Å²) < 4.78 is 13.2. The maximum Gasteiger partial charge on any atom is 0.239 e. The van der Waals surface area contributed by atoms with E-state index in [9.17, 15) is 18.8 Å². The summed E-state index contributed by atoms with van der Waals surface area (Å²) in [4.78, 5) is 36.2. The highest BCUT2D eigenvalue weighted by molar-refractivity contribution is 5.92. The maximum atomic E-state index is 13.2. The van der Waals surface area contributed by atoms with Crippen LogP contribution in [0.25, 0.3) is 0 Å². The predicted octanol–water partition coefficient (Wildman–Crippen LogP) is 2.93. The lowest BCUT2D eigenvalue weighted by Crippen LogP contribution is -2.37. The van der Waals surface area contributed by atoms with Crippen molar-refractivity contribution in [2.24, 2.45) is 5.92 Å². The van der Waals surface area contributed by atoms with Crippen LogP contribution in [-0.4, -0.2) is 24.3 Å². The molecule has 0 spiro atoms. The van der Waals surface area contributed by atoms with Gasteiger partial charge in [-0.1, -0.05) is 37.1 Å². The lowest BCUT2D eigenvalue weighted by molar-refractivity contribution is -0.125. The largest absolute Gasteiger partial charge is 0.350 e. The summed E-state index contributed by atoms with van der Waals surface area (Å²) in [5.41, 5.74) is 2.10. The Hall–Kier alpha value is -3.22. The van der Waals surface area contributed by atoms with Crippen LogP contribution in [0.2, 0.25) is 0 Å². The van der Waals surface area contributed by atoms with E-state index >= 15 is 0 Å². The third-order valence-corrected chi connectivity index (χ3v) is 5.11. The van der Waals surface area contributed by atoms with Gasteiger partial charge in [-0.3, -0.25) is 14.4 Å². The van der Waals surface area contributed by atoms with Gasteiger partial charge in [0.25, 0.3) is 0 Å². The first-order valence-electron chi connectivity index (χ1n) is 10.2. The lowest BCUT2D eigenvalue weighted by atomic mass is 10.1. The number of carbonyl (C=O) groups excluding carboxylic acids is 3. The van der Waals surface area contributed by atoms with E-state index in [1.165, 1.54) is 18.2 Å². The second-order valence-electron chi connectivity index (χ2n) is 7.53. The number of nitrogens with one attached hydrogen (secondary N) is 3. The molecule has 158 valence electrons. The molecule has 0 heterocycles. The molecule has 1 fully saturated rings. The number of hydrogen-bond acceptors (Lipinski definition) is 3. The molecule has 0 radical (unpaired) electrons. The van der Waals surface area contributed by atoms with Crippen LogP contribution in [0.4, 0.5) is 10.1 Å². The zero-order valence-corrected chi connectivity index (χ0v) is 16.7. The molecular formula is C23H26FN3O3. The number of anilines is 1. The first-order chi connectivity index (χ1) is 14.5. The second-order valence-corrected chi connectivity index (χ2v) is 7.53. The molecule has 0 saturated heterocycles. The maximum absolute atomic E-state index is 13.2. The smallest absolute Gasteiger partial charge is 0.239 e. The third-order valence-electron chi connectivity index (χ3n) is 5.11. The van der Waals surface area contributed by atoms with Gasteiger partial charge in [0.05, 0.1) is 13.0 Å². The molecule has 30 heavy (non-hydrogen) atoms. The number of hydrogen-bond donors (Lipinski definition) is 3. The molecule has 0 unspecified atom stereocenters. The summed E-state index contributed by atoms with van der Waals surface area (Å²) in [7, 11) is 0. The van der Waals surface area contributed by atoms with E-state index < -0.39 is 5.82 Å². The number of amides is 3. The van der Waals surface area contributed by atoms with E-state index in [1.807, 2.05) is 24.3 Å². The van der Waals surface area contributed by atoms with Crippen molar-refractivity contribution in [3.63, 3.8) is 0 Å². The molecule has 1 aliphatic rings. The topological polar surface area (TPSA) is 87.3 Å². The SMILES string of the molecule is O=C(CNC(=O)Cc1cccc(F)c1)NCc1cccc(NC(=O)C2CCCC2)c1. The van der Waals surface area contributed by atoms with E-state index in [4.69, 9.17) is 0 Å². The second kappa shape index (κ2) is 10.5. The van der Waals surface area contributed by atoms with Crippen LogP contribution in [0.1, 0.15) is 36.8 Å². The molecule has 0 bridgehead atoms. The molecular weight excluding hydrogens is 385 g/mol. The van der Waals surface area contributed by atoms with Crippen molar-refractivity contribution < 1.29 is 18.8 Å². The molecule has 2 aromatic carbocycles. The normalized spacial score (nSPS) is 13.6. The summed E-state index contributed by atoms with van der Waals surface area (Å²) in [6.45, 7) is 0.123. The van der Waals surface area contributed by atoms with Crippen LogP contribution < -0.4 is 16.0 Å². The van der Waals surface area contributed by atoms with Crippen molar-refractivity contribution in [3.8, 4) is 0 Å². The van der Waals surface area contributed by atoms with Crippen LogP contribution in [0.5, 0.6) is 0 Å². The molecule has 3 rings (SSSR count). The van der Waals surface area contributed by atoms with Crippen molar-refractivity contribution in [2.75, 3.05) is 11.9 Å². The Morgan fingerprint density at radius 3 is 2.40 bits per heavy atom. The van der Waals surface area contributed by atoms with Gasteiger partial charge >= 0.3 is 0 Å². The monoisotopic (exact) mass is 411 g/mol. The highest BCUT2D eigenvalue weighted by atomic mass is 19.1. The number of benzene rings is 2. The minimum Gasteiger partial charge on any atom is -0.350 e. The molecule has 2 aromatic rings. The molecule has 0 aliphatic heterocycles. The Bertz CT molecular complexity index is 910. The van der Waals surface area contributed by atoms with E-state index in [2.05, 4.69) is 16.0 Å². The Balaban J connectivity index is 1.40. The summed E-state index contributed by atoms with van der Waals surface area (Å²) in [5.74, 6) is -0.950. The highest BCUT2D eigenvalue weighted by Crippen LogP contribution is 2.26. The zero-order chi connectivity index (χ0) is 21.3.